The topological polar surface area (TPSA) is 67.2 Å². The van der Waals surface area contributed by atoms with E-state index in [9.17, 15) is 9.36 Å². The molecule has 0 fully saturated rings. The number of methoxy groups -OCH3 is 1. The molecular weight excluding hydrogens is 237 g/mol. The SMILES string of the molecule is COC(=O)C(C#N)c1ccc(P(C)(C)=O)cc1. The molecule has 17 heavy (non-hydrogen) atoms. The van der Waals surface area contributed by atoms with Crippen LogP contribution in [0.15, 0.2) is 24.3 Å². The summed E-state index contributed by atoms with van der Waals surface area (Å²) < 4.78 is 16.3. The molecule has 0 aliphatic heterocycles. The molecule has 5 heteroatoms. The Bertz CT molecular complexity index is 495. The van der Waals surface area contributed by atoms with Crippen molar-refractivity contribution in [2.75, 3.05) is 20.4 Å². The van der Waals surface area contributed by atoms with E-state index < -0.39 is 19.0 Å². The fraction of sp³-hybridized carbons (Fsp3) is 0.333. The summed E-state index contributed by atoms with van der Waals surface area (Å²) in [5, 5.41) is 9.63. The lowest BCUT2D eigenvalue weighted by molar-refractivity contribution is -0.140. The van der Waals surface area contributed by atoms with Crippen molar-refractivity contribution in [2.24, 2.45) is 0 Å². The largest absolute Gasteiger partial charge is 0.468 e. The van der Waals surface area contributed by atoms with E-state index in [1.165, 1.54) is 7.11 Å². The Balaban J connectivity index is 3.07. The first-order chi connectivity index (χ1) is 7.90. The average Bonchev–Trinajstić information content (AvgIpc) is 2.29. The molecular formula is C12H14NO3P. The summed E-state index contributed by atoms with van der Waals surface area (Å²) in [5.74, 6) is -1.52. The molecule has 0 aliphatic carbocycles. The zero-order chi connectivity index (χ0) is 13.1. The summed E-state index contributed by atoms with van der Waals surface area (Å²) in [4.78, 5) is 11.3. The van der Waals surface area contributed by atoms with Gasteiger partial charge in [-0.05, 0) is 18.9 Å². The molecule has 0 amide bonds. The highest BCUT2D eigenvalue weighted by atomic mass is 31.2. The van der Waals surface area contributed by atoms with Gasteiger partial charge in [0.25, 0.3) is 0 Å². The van der Waals surface area contributed by atoms with Crippen molar-refractivity contribution in [1.82, 2.24) is 0 Å². The van der Waals surface area contributed by atoms with Crippen LogP contribution < -0.4 is 5.30 Å². The summed E-state index contributed by atoms with van der Waals surface area (Å²) in [5.41, 5.74) is 0.552. The molecule has 90 valence electrons. The van der Waals surface area contributed by atoms with Crippen LogP contribution in [-0.4, -0.2) is 26.4 Å². The highest BCUT2D eigenvalue weighted by Crippen LogP contribution is 2.34. The summed E-state index contributed by atoms with van der Waals surface area (Å²) in [6, 6.07) is 8.53. The highest BCUT2D eigenvalue weighted by molar-refractivity contribution is 7.70. The van der Waals surface area contributed by atoms with Crippen molar-refractivity contribution in [2.45, 2.75) is 5.92 Å². The maximum Gasteiger partial charge on any atom is 0.327 e. The van der Waals surface area contributed by atoms with Gasteiger partial charge in [0.15, 0.2) is 5.92 Å². The van der Waals surface area contributed by atoms with Gasteiger partial charge in [0.2, 0.25) is 0 Å². The van der Waals surface area contributed by atoms with Gasteiger partial charge in [-0.1, -0.05) is 24.3 Å². The minimum absolute atomic E-state index is 0.552. The quantitative estimate of drug-likeness (QED) is 0.606. The fourth-order valence-corrected chi connectivity index (χ4v) is 2.27. The minimum Gasteiger partial charge on any atom is -0.468 e. The van der Waals surface area contributed by atoms with Crippen LogP contribution in [0.5, 0.6) is 0 Å². The number of hydrogen-bond donors (Lipinski definition) is 0. The zero-order valence-corrected chi connectivity index (χ0v) is 10.9. The molecule has 0 saturated carbocycles. The van der Waals surface area contributed by atoms with Crippen LogP contribution in [0.1, 0.15) is 11.5 Å². The summed E-state index contributed by atoms with van der Waals surface area (Å²) in [6.45, 7) is 3.34. The van der Waals surface area contributed by atoms with Crippen LogP contribution in [0.25, 0.3) is 0 Å². The Labute approximate surface area is 101 Å². The molecule has 0 aliphatic rings. The third kappa shape index (κ3) is 3.18. The molecule has 0 bridgehead atoms. The molecule has 1 unspecified atom stereocenters. The number of ether oxygens (including phenoxy) is 1. The zero-order valence-electron chi connectivity index (χ0n) is 10.0. The van der Waals surface area contributed by atoms with Crippen molar-refractivity contribution < 1.29 is 14.1 Å². The van der Waals surface area contributed by atoms with Crippen molar-refractivity contribution in [1.29, 1.82) is 5.26 Å². The first-order valence-corrected chi connectivity index (χ1v) is 7.63. The maximum atomic E-state index is 11.8. The first-order valence-electron chi connectivity index (χ1n) is 5.03. The van der Waals surface area contributed by atoms with Crippen LogP contribution in [-0.2, 0) is 14.1 Å². The number of esters is 1. The molecule has 1 rings (SSSR count). The van der Waals surface area contributed by atoms with Crippen LogP contribution in [0.4, 0.5) is 0 Å². The van der Waals surface area contributed by atoms with Gasteiger partial charge in [0.05, 0.1) is 13.2 Å². The Kier molecular flexibility index (Phi) is 4.09. The van der Waals surface area contributed by atoms with Crippen molar-refractivity contribution >= 4 is 18.4 Å². The van der Waals surface area contributed by atoms with Gasteiger partial charge in [-0.15, -0.1) is 0 Å². The van der Waals surface area contributed by atoms with Crippen LogP contribution in [0.2, 0.25) is 0 Å². The molecule has 0 saturated heterocycles. The monoisotopic (exact) mass is 251 g/mol. The average molecular weight is 251 g/mol. The Morgan fingerprint density at radius 2 is 1.88 bits per heavy atom. The van der Waals surface area contributed by atoms with E-state index in [0.29, 0.717) is 5.56 Å². The molecule has 4 nitrogen and oxygen atoms in total. The van der Waals surface area contributed by atoms with E-state index in [1.807, 2.05) is 6.07 Å². The van der Waals surface area contributed by atoms with E-state index in [4.69, 9.17) is 5.26 Å². The number of rotatable bonds is 3. The van der Waals surface area contributed by atoms with Gasteiger partial charge in [-0.25, -0.2) is 0 Å². The molecule has 0 spiro atoms. The third-order valence-corrected chi connectivity index (χ3v) is 3.96. The lowest BCUT2D eigenvalue weighted by Gasteiger charge is -2.10. The number of carbonyl (C=O) groups excluding carboxylic acids is 1. The van der Waals surface area contributed by atoms with Crippen LogP contribution in [0, 0.1) is 11.3 Å². The molecule has 0 N–H and O–H groups in total. The number of benzene rings is 1. The van der Waals surface area contributed by atoms with Crippen LogP contribution >= 0.6 is 7.14 Å². The minimum atomic E-state index is -2.31. The maximum absolute atomic E-state index is 11.8. The van der Waals surface area contributed by atoms with Gasteiger partial charge in [-0.2, -0.15) is 5.26 Å². The Morgan fingerprint density at radius 1 is 1.35 bits per heavy atom. The van der Waals surface area contributed by atoms with E-state index >= 15 is 0 Å². The summed E-state index contributed by atoms with van der Waals surface area (Å²) in [7, 11) is -1.06. The second kappa shape index (κ2) is 5.16. The normalized spacial score (nSPS) is 12.6. The second-order valence-electron chi connectivity index (χ2n) is 4.03. The number of nitriles is 1. The fourth-order valence-electron chi connectivity index (χ4n) is 1.41. The molecule has 1 aromatic rings. The second-order valence-corrected chi connectivity index (χ2v) is 7.25. The Morgan fingerprint density at radius 3 is 2.24 bits per heavy atom. The molecule has 0 aromatic heterocycles. The summed E-state index contributed by atoms with van der Waals surface area (Å²) in [6.07, 6.45) is 0. The molecule has 1 aromatic carbocycles. The van der Waals surface area contributed by atoms with E-state index in [2.05, 4.69) is 4.74 Å². The van der Waals surface area contributed by atoms with Crippen molar-refractivity contribution in [3.8, 4) is 6.07 Å². The van der Waals surface area contributed by atoms with Gasteiger partial charge in [0, 0.05) is 5.30 Å². The number of hydrogen-bond acceptors (Lipinski definition) is 4. The van der Waals surface area contributed by atoms with Gasteiger partial charge >= 0.3 is 5.97 Å². The van der Waals surface area contributed by atoms with E-state index in [-0.39, 0.29) is 0 Å². The lowest BCUT2D eigenvalue weighted by atomic mass is 10.0. The molecule has 1 atom stereocenters. The van der Waals surface area contributed by atoms with E-state index in [0.717, 1.165) is 5.30 Å². The molecule has 0 heterocycles. The van der Waals surface area contributed by atoms with Gasteiger partial charge in [0.1, 0.15) is 7.14 Å². The van der Waals surface area contributed by atoms with Gasteiger partial charge < -0.3 is 9.30 Å². The predicted molar refractivity (Wildman–Crippen MR) is 65.9 cm³/mol. The number of nitrogens with zero attached hydrogens (tertiary/aromatic N) is 1. The number of carbonyl (C=O) groups is 1. The van der Waals surface area contributed by atoms with Crippen molar-refractivity contribution in [3.63, 3.8) is 0 Å². The van der Waals surface area contributed by atoms with Crippen molar-refractivity contribution in [3.05, 3.63) is 29.8 Å². The molecule has 0 radical (unpaired) electrons. The van der Waals surface area contributed by atoms with E-state index in [1.54, 1.807) is 37.6 Å². The standard InChI is InChI=1S/C12H14NO3P/c1-16-12(14)11(8-13)9-4-6-10(7-5-9)17(2,3)15/h4-7,11H,1-3H3. The van der Waals surface area contributed by atoms with Crippen LogP contribution in [0.3, 0.4) is 0 Å². The third-order valence-electron chi connectivity index (χ3n) is 2.41. The highest BCUT2D eigenvalue weighted by Gasteiger charge is 2.21. The van der Waals surface area contributed by atoms with Gasteiger partial charge in [-0.3, -0.25) is 4.79 Å². The predicted octanol–water partition coefficient (Wildman–Crippen LogP) is 1.71. The smallest absolute Gasteiger partial charge is 0.327 e. The Hall–Kier alpha value is -1.59. The summed E-state index contributed by atoms with van der Waals surface area (Å²) >= 11 is 0. The lowest BCUT2D eigenvalue weighted by Crippen LogP contribution is -2.13. The first kappa shape index (κ1) is 13.5.